The van der Waals surface area contributed by atoms with E-state index in [1.54, 1.807) is 13.8 Å². The molecule has 4 nitrogen and oxygen atoms in total. The van der Waals surface area contributed by atoms with Crippen molar-refractivity contribution in [2.75, 3.05) is 6.54 Å². The number of hydrogen-bond acceptors (Lipinski definition) is 3. The van der Waals surface area contributed by atoms with Crippen LogP contribution < -0.4 is 10.5 Å². The molecule has 0 bridgehead atoms. The van der Waals surface area contributed by atoms with Crippen molar-refractivity contribution in [2.45, 2.75) is 24.3 Å². The average molecular weight is 352 g/mol. The van der Waals surface area contributed by atoms with E-state index in [1.165, 1.54) is 0 Å². The number of hydrogen-bond donors (Lipinski definition) is 2. The zero-order chi connectivity index (χ0) is 14.1. The minimum absolute atomic E-state index is 0. The van der Waals surface area contributed by atoms with Crippen molar-refractivity contribution in [2.24, 2.45) is 5.73 Å². The highest BCUT2D eigenvalue weighted by Crippen LogP contribution is 2.30. The van der Waals surface area contributed by atoms with Gasteiger partial charge in [-0.25, -0.2) is 17.5 Å². The van der Waals surface area contributed by atoms with E-state index >= 15 is 0 Å². The topological polar surface area (TPSA) is 72.2 Å². The smallest absolute Gasteiger partial charge is 0.243 e. The number of nitrogens with one attached hydrogen (secondary N) is 1. The first-order valence-corrected chi connectivity index (χ1v) is 7.20. The van der Waals surface area contributed by atoms with Gasteiger partial charge in [-0.2, -0.15) is 0 Å². The van der Waals surface area contributed by atoms with Crippen molar-refractivity contribution < 1.29 is 12.8 Å². The Labute approximate surface area is 127 Å². The molecular weight excluding hydrogens is 338 g/mol. The Morgan fingerprint density at radius 3 is 2.11 bits per heavy atom. The molecule has 19 heavy (non-hydrogen) atoms. The Kier molecular flexibility index (Phi) is 6.52. The van der Waals surface area contributed by atoms with Crippen molar-refractivity contribution in [3.8, 4) is 0 Å². The van der Waals surface area contributed by atoms with Gasteiger partial charge in [0.2, 0.25) is 10.0 Å². The van der Waals surface area contributed by atoms with Gasteiger partial charge in [0.1, 0.15) is 10.7 Å². The summed E-state index contributed by atoms with van der Waals surface area (Å²) < 4.78 is 39.2. The largest absolute Gasteiger partial charge is 0.324 e. The minimum Gasteiger partial charge on any atom is -0.324 e. The lowest BCUT2D eigenvalue weighted by Gasteiger charge is -2.19. The fourth-order valence-corrected chi connectivity index (χ4v) is 3.55. The molecule has 0 aliphatic heterocycles. The molecule has 0 radical (unpaired) electrons. The molecule has 0 aromatic heterocycles. The lowest BCUT2D eigenvalue weighted by molar-refractivity contribution is 0.498. The molecule has 1 rings (SSSR count). The van der Waals surface area contributed by atoms with Crippen molar-refractivity contribution >= 4 is 45.6 Å². The van der Waals surface area contributed by atoms with Gasteiger partial charge in [-0.05, 0) is 26.0 Å². The van der Waals surface area contributed by atoms with Crippen LogP contribution >= 0.6 is 35.6 Å². The number of rotatable bonds is 4. The van der Waals surface area contributed by atoms with Crippen LogP contribution in [0.25, 0.3) is 0 Å². The molecule has 1 aromatic rings. The molecule has 0 amide bonds. The van der Waals surface area contributed by atoms with Crippen LogP contribution in [0.2, 0.25) is 10.0 Å². The van der Waals surface area contributed by atoms with Crippen LogP contribution in [0.15, 0.2) is 17.0 Å². The summed E-state index contributed by atoms with van der Waals surface area (Å²) in [5, 5.41) is -0.551. The Balaban J connectivity index is 0.00000324. The van der Waals surface area contributed by atoms with E-state index in [-0.39, 0.29) is 33.9 Å². The second-order valence-electron chi connectivity index (χ2n) is 4.51. The van der Waals surface area contributed by atoms with E-state index in [0.717, 1.165) is 12.1 Å². The molecule has 1 aromatic carbocycles. The molecular formula is C10H14Cl3FN2O2S. The summed E-state index contributed by atoms with van der Waals surface area (Å²) in [6, 6.07) is 1.77. The van der Waals surface area contributed by atoms with Gasteiger partial charge in [0.05, 0.1) is 10.0 Å². The summed E-state index contributed by atoms with van der Waals surface area (Å²) in [6.07, 6.45) is 0. The van der Waals surface area contributed by atoms with Gasteiger partial charge < -0.3 is 5.73 Å². The highest BCUT2D eigenvalue weighted by molar-refractivity contribution is 7.89. The molecule has 0 aliphatic carbocycles. The van der Waals surface area contributed by atoms with Gasteiger partial charge >= 0.3 is 0 Å². The molecule has 0 saturated carbocycles. The van der Waals surface area contributed by atoms with Crippen LogP contribution in [0.1, 0.15) is 13.8 Å². The maximum absolute atomic E-state index is 13.0. The van der Waals surface area contributed by atoms with Crippen LogP contribution in [0.5, 0.6) is 0 Å². The fraction of sp³-hybridized carbons (Fsp3) is 0.400. The van der Waals surface area contributed by atoms with Crippen molar-refractivity contribution in [1.29, 1.82) is 0 Å². The Morgan fingerprint density at radius 2 is 1.74 bits per heavy atom. The van der Waals surface area contributed by atoms with Crippen LogP contribution in [0, 0.1) is 5.82 Å². The van der Waals surface area contributed by atoms with E-state index in [9.17, 15) is 12.8 Å². The first-order valence-electron chi connectivity index (χ1n) is 4.96. The van der Waals surface area contributed by atoms with Crippen molar-refractivity contribution in [3.05, 3.63) is 28.0 Å². The number of sulfonamides is 1. The zero-order valence-corrected chi connectivity index (χ0v) is 13.4. The lowest BCUT2D eigenvalue weighted by atomic mass is 10.1. The molecule has 9 heteroatoms. The molecule has 0 aliphatic rings. The van der Waals surface area contributed by atoms with E-state index in [1.807, 2.05) is 0 Å². The van der Waals surface area contributed by atoms with E-state index in [0.29, 0.717) is 0 Å². The van der Waals surface area contributed by atoms with E-state index in [4.69, 9.17) is 28.9 Å². The predicted octanol–water partition coefficient (Wildman–Crippen LogP) is 2.57. The van der Waals surface area contributed by atoms with Gasteiger partial charge in [-0.15, -0.1) is 12.4 Å². The number of halogens is 4. The summed E-state index contributed by atoms with van der Waals surface area (Å²) in [5.41, 5.74) is 4.94. The van der Waals surface area contributed by atoms with E-state index < -0.39 is 21.4 Å². The molecule has 0 spiro atoms. The second-order valence-corrected chi connectivity index (χ2v) is 7.03. The molecule has 0 heterocycles. The molecule has 0 atom stereocenters. The second kappa shape index (κ2) is 6.56. The maximum atomic E-state index is 13.0. The summed E-state index contributed by atoms with van der Waals surface area (Å²) in [5.74, 6) is -0.705. The molecule has 0 unspecified atom stereocenters. The first-order chi connectivity index (χ1) is 8.03. The third kappa shape index (κ3) is 5.41. The average Bonchev–Trinajstić information content (AvgIpc) is 2.11. The Morgan fingerprint density at radius 1 is 1.32 bits per heavy atom. The van der Waals surface area contributed by atoms with Crippen LogP contribution in [0.3, 0.4) is 0 Å². The molecule has 110 valence electrons. The van der Waals surface area contributed by atoms with Crippen molar-refractivity contribution in [3.63, 3.8) is 0 Å². The summed E-state index contributed by atoms with van der Waals surface area (Å²) in [4.78, 5) is -0.350. The van der Waals surface area contributed by atoms with Gasteiger partial charge in [0, 0.05) is 12.1 Å². The SMILES string of the molecule is CC(C)(N)CNS(=O)(=O)c1c(Cl)cc(F)cc1Cl.Cl. The van der Waals surface area contributed by atoms with Crippen molar-refractivity contribution in [1.82, 2.24) is 4.72 Å². The Hall–Kier alpha value is -0.110. The van der Waals surface area contributed by atoms with E-state index in [2.05, 4.69) is 4.72 Å². The predicted molar refractivity (Wildman–Crippen MR) is 77.1 cm³/mol. The highest BCUT2D eigenvalue weighted by atomic mass is 35.5. The summed E-state index contributed by atoms with van der Waals surface area (Å²) in [6.45, 7) is 3.31. The van der Waals surface area contributed by atoms with Crippen LogP contribution in [-0.2, 0) is 10.0 Å². The maximum Gasteiger partial charge on any atom is 0.243 e. The van der Waals surface area contributed by atoms with Gasteiger partial charge in [0.25, 0.3) is 0 Å². The molecule has 3 N–H and O–H groups in total. The monoisotopic (exact) mass is 350 g/mol. The fourth-order valence-electron chi connectivity index (χ4n) is 1.14. The lowest BCUT2D eigenvalue weighted by Crippen LogP contribution is -2.45. The third-order valence-electron chi connectivity index (χ3n) is 1.95. The zero-order valence-electron chi connectivity index (χ0n) is 10.2. The van der Waals surface area contributed by atoms with Crippen LogP contribution in [-0.4, -0.2) is 20.5 Å². The molecule has 0 fully saturated rings. The van der Waals surface area contributed by atoms with Gasteiger partial charge in [-0.1, -0.05) is 23.2 Å². The minimum atomic E-state index is -3.93. The highest BCUT2D eigenvalue weighted by Gasteiger charge is 2.24. The normalized spacial score (nSPS) is 12.1. The number of nitrogens with two attached hydrogens (primary N) is 1. The van der Waals surface area contributed by atoms with Gasteiger partial charge in [0.15, 0.2) is 0 Å². The third-order valence-corrected chi connectivity index (χ3v) is 4.27. The Bertz CT molecular complexity index is 535. The first kappa shape index (κ1) is 18.9. The summed E-state index contributed by atoms with van der Waals surface area (Å²) in [7, 11) is -3.93. The number of benzene rings is 1. The quantitative estimate of drug-likeness (QED) is 0.875. The standard InChI is InChI=1S/C10H13Cl2FN2O2S.ClH/c1-10(2,14)5-15-18(16,17)9-7(11)3-6(13)4-8(9)12;/h3-4,15H,5,14H2,1-2H3;1H. The van der Waals surface area contributed by atoms with Crippen LogP contribution in [0.4, 0.5) is 4.39 Å². The molecule has 0 saturated heterocycles. The van der Waals surface area contributed by atoms with Gasteiger partial charge in [-0.3, -0.25) is 0 Å². The summed E-state index contributed by atoms with van der Waals surface area (Å²) >= 11 is 11.4.